The second-order valence-corrected chi connectivity index (χ2v) is 3.62. The first-order valence-corrected chi connectivity index (χ1v) is 4.96. The quantitative estimate of drug-likeness (QED) is 0.766. The molecule has 0 aromatic carbocycles. The van der Waals surface area contributed by atoms with Gasteiger partial charge in [0.05, 0.1) is 0 Å². The Hall–Kier alpha value is -1.39. The van der Waals surface area contributed by atoms with E-state index in [0.717, 1.165) is 13.1 Å². The van der Waals surface area contributed by atoms with Crippen molar-refractivity contribution < 1.29 is 4.79 Å². The molecule has 1 aliphatic rings. The van der Waals surface area contributed by atoms with Gasteiger partial charge in [-0.15, -0.1) is 0 Å². The van der Waals surface area contributed by atoms with Crippen LogP contribution in [0.1, 0.15) is 30.4 Å². The third-order valence-electron chi connectivity index (χ3n) is 2.46. The highest BCUT2D eigenvalue weighted by Gasteiger charge is 2.27. The molecule has 0 bridgehead atoms. The van der Waals surface area contributed by atoms with Crippen LogP contribution in [0.5, 0.6) is 0 Å². The Bertz CT molecular complexity index is 305. The van der Waals surface area contributed by atoms with Gasteiger partial charge in [-0.1, -0.05) is 0 Å². The van der Waals surface area contributed by atoms with Gasteiger partial charge in [0.2, 0.25) is 5.82 Å². The van der Waals surface area contributed by atoms with E-state index in [1.807, 2.05) is 11.8 Å². The average Bonchev–Trinajstić information content (AvgIpc) is 2.84. The Morgan fingerprint density at radius 3 is 3.00 bits per heavy atom. The maximum atomic E-state index is 11.8. The maximum absolute atomic E-state index is 11.8. The maximum Gasteiger partial charge on any atom is 0.291 e. The van der Waals surface area contributed by atoms with Crippen LogP contribution in [-0.2, 0) is 0 Å². The highest BCUT2D eigenvalue weighted by molar-refractivity contribution is 5.90. The van der Waals surface area contributed by atoms with Gasteiger partial charge >= 0.3 is 0 Å². The number of carbonyl (C=O) groups excluding carboxylic acids is 1. The van der Waals surface area contributed by atoms with Crippen molar-refractivity contribution in [3.63, 3.8) is 0 Å². The summed E-state index contributed by atoms with van der Waals surface area (Å²) in [5, 5.41) is 6.26. The van der Waals surface area contributed by atoms with E-state index in [9.17, 15) is 4.79 Å². The van der Waals surface area contributed by atoms with Gasteiger partial charge in [-0.05, 0) is 25.7 Å². The second-order valence-electron chi connectivity index (χ2n) is 3.62. The summed E-state index contributed by atoms with van der Waals surface area (Å²) in [7, 11) is 0. The van der Waals surface area contributed by atoms with E-state index in [-0.39, 0.29) is 5.91 Å². The predicted octanol–water partition coefficient (Wildman–Crippen LogP) is 0.677. The molecule has 5 heteroatoms. The zero-order chi connectivity index (χ0) is 9.97. The number of H-pyrrole nitrogens is 1. The Labute approximate surface area is 82.5 Å². The zero-order valence-corrected chi connectivity index (χ0v) is 8.23. The summed E-state index contributed by atoms with van der Waals surface area (Å²) in [6.07, 6.45) is 3.86. The molecular formula is C9H14N4O. The Morgan fingerprint density at radius 2 is 2.50 bits per heavy atom. The summed E-state index contributed by atoms with van der Waals surface area (Å²) in [6, 6.07) is 0. The van der Waals surface area contributed by atoms with Crippen molar-refractivity contribution in [3.05, 3.63) is 12.2 Å². The number of carbonyl (C=O) groups is 1. The molecule has 0 spiro atoms. The van der Waals surface area contributed by atoms with Crippen LogP contribution in [0.15, 0.2) is 6.33 Å². The summed E-state index contributed by atoms with van der Waals surface area (Å²) in [4.78, 5) is 17.5. The highest BCUT2D eigenvalue weighted by Crippen LogP contribution is 2.29. The van der Waals surface area contributed by atoms with E-state index in [1.54, 1.807) is 0 Å². The number of nitrogens with zero attached hydrogens (tertiary/aromatic N) is 3. The minimum absolute atomic E-state index is 0.0445. The largest absolute Gasteiger partial charge is 0.336 e. The Kier molecular flexibility index (Phi) is 2.47. The van der Waals surface area contributed by atoms with Gasteiger partial charge in [-0.2, -0.15) is 5.10 Å². The van der Waals surface area contributed by atoms with Gasteiger partial charge < -0.3 is 4.90 Å². The van der Waals surface area contributed by atoms with E-state index < -0.39 is 0 Å². The van der Waals surface area contributed by atoms with Crippen LogP contribution in [0, 0.1) is 5.92 Å². The van der Waals surface area contributed by atoms with Crippen molar-refractivity contribution in [3.8, 4) is 0 Å². The van der Waals surface area contributed by atoms with Gasteiger partial charge in [-0.25, -0.2) is 4.98 Å². The van der Waals surface area contributed by atoms with Gasteiger partial charge in [-0.3, -0.25) is 9.89 Å². The number of rotatable bonds is 4. The van der Waals surface area contributed by atoms with Crippen molar-refractivity contribution in [1.29, 1.82) is 0 Å². The summed E-state index contributed by atoms with van der Waals surface area (Å²) in [6.45, 7) is 3.57. The molecule has 0 atom stereocenters. The highest BCUT2D eigenvalue weighted by atomic mass is 16.2. The lowest BCUT2D eigenvalue weighted by molar-refractivity contribution is 0.0745. The first-order valence-electron chi connectivity index (χ1n) is 4.96. The number of amides is 1. The van der Waals surface area contributed by atoms with Gasteiger partial charge in [0.25, 0.3) is 5.91 Å². The van der Waals surface area contributed by atoms with E-state index in [2.05, 4.69) is 15.2 Å². The molecule has 1 saturated carbocycles. The molecule has 1 N–H and O–H groups in total. The summed E-state index contributed by atoms with van der Waals surface area (Å²) < 4.78 is 0. The molecule has 14 heavy (non-hydrogen) atoms. The summed E-state index contributed by atoms with van der Waals surface area (Å²) in [5.74, 6) is 1.01. The molecule has 1 heterocycles. The van der Waals surface area contributed by atoms with Crippen LogP contribution in [0.3, 0.4) is 0 Å². The topological polar surface area (TPSA) is 61.9 Å². The fourth-order valence-electron chi connectivity index (χ4n) is 1.43. The first-order chi connectivity index (χ1) is 6.81. The third kappa shape index (κ3) is 1.92. The van der Waals surface area contributed by atoms with Crippen LogP contribution in [0.2, 0.25) is 0 Å². The molecule has 2 rings (SSSR count). The zero-order valence-electron chi connectivity index (χ0n) is 8.23. The summed E-state index contributed by atoms with van der Waals surface area (Å²) in [5.41, 5.74) is 0. The minimum Gasteiger partial charge on any atom is -0.336 e. The SMILES string of the molecule is CCN(CC1CC1)C(=O)c1ncn[nH]1. The third-order valence-corrected chi connectivity index (χ3v) is 2.46. The fourth-order valence-corrected chi connectivity index (χ4v) is 1.43. The van der Waals surface area contributed by atoms with E-state index in [4.69, 9.17) is 0 Å². The fraction of sp³-hybridized carbons (Fsp3) is 0.667. The van der Waals surface area contributed by atoms with Crippen molar-refractivity contribution in [2.24, 2.45) is 5.92 Å². The van der Waals surface area contributed by atoms with E-state index in [1.165, 1.54) is 19.2 Å². The van der Waals surface area contributed by atoms with Crippen LogP contribution in [-0.4, -0.2) is 39.1 Å². The lowest BCUT2D eigenvalue weighted by Gasteiger charge is -2.18. The second kappa shape index (κ2) is 3.77. The summed E-state index contributed by atoms with van der Waals surface area (Å²) >= 11 is 0. The number of hydrogen-bond acceptors (Lipinski definition) is 3. The van der Waals surface area contributed by atoms with Crippen LogP contribution in [0.25, 0.3) is 0 Å². The molecule has 1 fully saturated rings. The molecule has 0 unspecified atom stereocenters. The standard InChI is InChI=1S/C9H14N4O/c1-2-13(5-7-3-4-7)9(14)8-10-6-11-12-8/h6-7H,2-5H2,1H3,(H,10,11,12). The predicted molar refractivity (Wildman–Crippen MR) is 50.7 cm³/mol. The van der Waals surface area contributed by atoms with E-state index in [0.29, 0.717) is 11.7 Å². The normalized spacial score (nSPS) is 15.5. The van der Waals surface area contributed by atoms with E-state index >= 15 is 0 Å². The molecule has 1 aromatic rings. The van der Waals surface area contributed by atoms with Gasteiger partial charge in [0, 0.05) is 13.1 Å². The average molecular weight is 194 g/mol. The molecular weight excluding hydrogens is 180 g/mol. The van der Waals surface area contributed by atoms with Crippen molar-refractivity contribution >= 4 is 5.91 Å². The molecule has 1 aliphatic carbocycles. The Balaban J connectivity index is 1.99. The molecule has 5 nitrogen and oxygen atoms in total. The van der Waals surface area contributed by atoms with Crippen molar-refractivity contribution in [2.75, 3.05) is 13.1 Å². The molecule has 76 valence electrons. The smallest absolute Gasteiger partial charge is 0.291 e. The number of nitrogens with one attached hydrogen (secondary N) is 1. The lowest BCUT2D eigenvalue weighted by atomic mass is 10.3. The van der Waals surface area contributed by atoms with Gasteiger partial charge in [0.15, 0.2) is 0 Å². The van der Waals surface area contributed by atoms with Crippen LogP contribution < -0.4 is 0 Å². The van der Waals surface area contributed by atoms with Gasteiger partial charge in [0.1, 0.15) is 6.33 Å². The van der Waals surface area contributed by atoms with Crippen LogP contribution in [0.4, 0.5) is 0 Å². The number of aromatic nitrogens is 3. The number of hydrogen-bond donors (Lipinski definition) is 1. The minimum atomic E-state index is -0.0445. The number of aromatic amines is 1. The van der Waals surface area contributed by atoms with Crippen LogP contribution >= 0.6 is 0 Å². The van der Waals surface area contributed by atoms with Crippen molar-refractivity contribution in [2.45, 2.75) is 19.8 Å². The molecule has 1 aromatic heterocycles. The molecule has 0 saturated heterocycles. The monoisotopic (exact) mass is 194 g/mol. The first kappa shape index (κ1) is 9.18. The molecule has 0 aliphatic heterocycles. The lowest BCUT2D eigenvalue weighted by Crippen LogP contribution is -2.33. The molecule has 1 amide bonds. The molecule has 0 radical (unpaired) electrons. The Morgan fingerprint density at radius 1 is 1.71 bits per heavy atom. The van der Waals surface area contributed by atoms with Crippen molar-refractivity contribution in [1.82, 2.24) is 20.1 Å².